The third kappa shape index (κ3) is 3.13. The van der Waals surface area contributed by atoms with Crippen molar-refractivity contribution in [2.45, 2.75) is 0 Å². The van der Waals surface area contributed by atoms with Crippen LogP contribution in [0.4, 0.5) is 11.6 Å². The molecule has 3 aromatic rings. The Balaban J connectivity index is 1.61. The van der Waals surface area contributed by atoms with Crippen molar-refractivity contribution in [3.05, 3.63) is 42.4 Å². The fraction of sp³-hybridized carbons (Fsp3) is 0.312. The van der Waals surface area contributed by atoms with Gasteiger partial charge in [-0.1, -0.05) is 0 Å². The molecule has 0 bridgehead atoms. The molecule has 1 amide bonds. The summed E-state index contributed by atoms with van der Waals surface area (Å²) in [5, 5.41) is 14.9. The molecule has 9 nitrogen and oxygen atoms in total. The summed E-state index contributed by atoms with van der Waals surface area (Å²) in [6, 6.07) is 7.20. The molecule has 1 aliphatic rings. The number of rotatable bonds is 3. The molecule has 4 rings (SSSR count). The summed E-state index contributed by atoms with van der Waals surface area (Å²) >= 11 is 0. The maximum absolute atomic E-state index is 12.5. The second-order valence-corrected chi connectivity index (χ2v) is 5.96. The zero-order valence-electron chi connectivity index (χ0n) is 13.8. The third-order valence-electron chi connectivity index (χ3n) is 4.22. The van der Waals surface area contributed by atoms with Crippen molar-refractivity contribution in [2.75, 3.05) is 43.4 Å². The van der Waals surface area contributed by atoms with E-state index < -0.39 is 0 Å². The summed E-state index contributed by atoms with van der Waals surface area (Å²) in [7, 11) is 2.11. The number of imidazole rings is 1. The second kappa shape index (κ2) is 6.44. The van der Waals surface area contributed by atoms with Crippen LogP contribution in [0.15, 0.2) is 36.7 Å². The van der Waals surface area contributed by atoms with Gasteiger partial charge in [-0.05, 0) is 31.3 Å². The standard InChI is InChI=1S/C16H18N8O/c1-22-7-9-23(10-8-22)15-5-4-14-17-11-12(24(14)21-15)16(25)19-13-3-2-6-18-20-13/h2-6,11H,7-10H2,1H3,(H,19,20,25). The number of likely N-dealkylation sites (N-methyl/N-ethyl adjacent to an activating group) is 1. The minimum absolute atomic E-state index is 0.323. The number of hydrogen-bond donors (Lipinski definition) is 1. The number of nitrogens with one attached hydrogen (secondary N) is 1. The van der Waals surface area contributed by atoms with E-state index >= 15 is 0 Å². The number of aromatic nitrogens is 5. The molecule has 0 radical (unpaired) electrons. The number of hydrogen-bond acceptors (Lipinski definition) is 7. The summed E-state index contributed by atoms with van der Waals surface area (Å²) in [4.78, 5) is 21.3. The van der Waals surface area contributed by atoms with Gasteiger partial charge in [-0.25, -0.2) is 9.50 Å². The minimum Gasteiger partial charge on any atom is -0.353 e. The third-order valence-corrected chi connectivity index (χ3v) is 4.22. The average molecular weight is 338 g/mol. The van der Waals surface area contributed by atoms with Gasteiger partial charge in [-0.3, -0.25) is 4.79 Å². The van der Waals surface area contributed by atoms with Crippen molar-refractivity contribution < 1.29 is 4.79 Å². The highest BCUT2D eigenvalue weighted by atomic mass is 16.2. The Bertz CT molecular complexity index is 886. The van der Waals surface area contributed by atoms with Crippen LogP contribution in [0.2, 0.25) is 0 Å². The van der Waals surface area contributed by atoms with Crippen LogP contribution in [-0.2, 0) is 0 Å². The molecule has 0 aliphatic carbocycles. The first kappa shape index (κ1) is 15.5. The van der Waals surface area contributed by atoms with Gasteiger partial charge in [0.05, 0.1) is 6.20 Å². The first-order chi connectivity index (χ1) is 12.2. The Morgan fingerprint density at radius 1 is 1.16 bits per heavy atom. The highest BCUT2D eigenvalue weighted by molar-refractivity contribution is 6.02. The highest BCUT2D eigenvalue weighted by Crippen LogP contribution is 2.15. The maximum Gasteiger partial charge on any atom is 0.277 e. The van der Waals surface area contributed by atoms with E-state index in [1.54, 1.807) is 22.8 Å². The number of anilines is 2. The minimum atomic E-state index is -0.323. The Labute approximate surface area is 144 Å². The zero-order chi connectivity index (χ0) is 17.2. The van der Waals surface area contributed by atoms with Crippen LogP contribution < -0.4 is 10.2 Å². The van der Waals surface area contributed by atoms with E-state index in [4.69, 9.17) is 0 Å². The van der Waals surface area contributed by atoms with Gasteiger partial charge in [0.15, 0.2) is 17.2 Å². The monoisotopic (exact) mass is 338 g/mol. The highest BCUT2D eigenvalue weighted by Gasteiger charge is 2.18. The lowest BCUT2D eigenvalue weighted by atomic mass is 10.3. The van der Waals surface area contributed by atoms with E-state index in [1.807, 2.05) is 12.1 Å². The molecule has 1 aliphatic heterocycles. The molecule has 128 valence electrons. The molecule has 3 aromatic heterocycles. The number of carbonyl (C=O) groups excluding carboxylic acids is 1. The van der Waals surface area contributed by atoms with E-state index in [9.17, 15) is 4.79 Å². The smallest absolute Gasteiger partial charge is 0.277 e. The first-order valence-electron chi connectivity index (χ1n) is 8.08. The SMILES string of the molecule is CN1CCN(c2ccc3ncc(C(=O)Nc4cccnn4)n3n2)CC1. The number of carbonyl (C=O) groups is 1. The van der Waals surface area contributed by atoms with Crippen molar-refractivity contribution in [1.29, 1.82) is 0 Å². The van der Waals surface area contributed by atoms with E-state index in [0.717, 1.165) is 32.0 Å². The molecule has 4 heterocycles. The quantitative estimate of drug-likeness (QED) is 0.744. The molecule has 0 atom stereocenters. The molecule has 25 heavy (non-hydrogen) atoms. The lowest BCUT2D eigenvalue weighted by Gasteiger charge is -2.33. The molecule has 0 spiro atoms. The van der Waals surface area contributed by atoms with Crippen molar-refractivity contribution in [1.82, 2.24) is 29.7 Å². The Kier molecular flexibility index (Phi) is 3.98. The number of amides is 1. The molecule has 1 N–H and O–H groups in total. The van der Waals surface area contributed by atoms with E-state index in [1.165, 1.54) is 6.20 Å². The summed E-state index contributed by atoms with van der Waals surface area (Å²) < 4.78 is 1.57. The van der Waals surface area contributed by atoms with Crippen molar-refractivity contribution in [3.8, 4) is 0 Å². The lowest BCUT2D eigenvalue weighted by Crippen LogP contribution is -2.45. The van der Waals surface area contributed by atoms with Crippen LogP contribution in [-0.4, -0.2) is 68.8 Å². The molecule has 0 saturated carbocycles. The van der Waals surface area contributed by atoms with Gasteiger partial charge in [-0.2, -0.15) is 5.10 Å². The first-order valence-corrected chi connectivity index (χ1v) is 8.08. The second-order valence-electron chi connectivity index (χ2n) is 5.96. The van der Waals surface area contributed by atoms with Gasteiger partial charge < -0.3 is 15.1 Å². The topological polar surface area (TPSA) is 91.5 Å². The predicted molar refractivity (Wildman–Crippen MR) is 92.7 cm³/mol. The molecule has 9 heteroatoms. The largest absolute Gasteiger partial charge is 0.353 e. The molecule has 1 saturated heterocycles. The van der Waals surface area contributed by atoms with Gasteiger partial charge in [-0.15, -0.1) is 10.2 Å². The fourth-order valence-corrected chi connectivity index (χ4v) is 2.77. The van der Waals surface area contributed by atoms with Crippen LogP contribution >= 0.6 is 0 Å². The Hall–Kier alpha value is -3.07. The summed E-state index contributed by atoms with van der Waals surface area (Å²) in [6.07, 6.45) is 3.07. The predicted octanol–water partition coefficient (Wildman–Crippen LogP) is 0.523. The van der Waals surface area contributed by atoms with E-state index in [-0.39, 0.29) is 5.91 Å². The molecule has 0 aromatic carbocycles. The molecule has 0 unspecified atom stereocenters. The normalized spacial score (nSPS) is 15.5. The van der Waals surface area contributed by atoms with E-state index in [2.05, 4.69) is 42.4 Å². The number of piperazine rings is 1. The van der Waals surface area contributed by atoms with Gasteiger partial charge in [0.25, 0.3) is 5.91 Å². The molecular weight excluding hydrogens is 320 g/mol. The number of nitrogens with zero attached hydrogens (tertiary/aromatic N) is 7. The van der Waals surface area contributed by atoms with Crippen molar-refractivity contribution in [2.24, 2.45) is 0 Å². The van der Waals surface area contributed by atoms with Gasteiger partial charge in [0.1, 0.15) is 5.82 Å². The van der Waals surface area contributed by atoms with Crippen LogP contribution in [0.3, 0.4) is 0 Å². The maximum atomic E-state index is 12.5. The van der Waals surface area contributed by atoms with Gasteiger partial charge >= 0.3 is 0 Å². The zero-order valence-corrected chi connectivity index (χ0v) is 13.8. The lowest BCUT2D eigenvalue weighted by molar-refractivity contribution is 0.102. The summed E-state index contributed by atoms with van der Waals surface area (Å²) in [5.74, 6) is 0.904. The van der Waals surface area contributed by atoms with Gasteiger partial charge in [0.2, 0.25) is 0 Å². The van der Waals surface area contributed by atoms with Crippen LogP contribution in [0.1, 0.15) is 10.5 Å². The molecular formula is C16H18N8O. The summed E-state index contributed by atoms with van der Waals surface area (Å²) in [5.41, 5.74) is 0.985. The number of fused-ring (bicyclic) bond motifs is 1. The molecule has 1 fully saturated rings. The van der Waals surface area contributed by atoms with Gasteiger partial charge in [0, 0.05) is 32.4 Å². The Morgan fingerprint density at radius 2 is 2.00 bits per heavy atom. The van der Waals surface area contributed by atoms with Crippen LogP contribution in [0, 0.1) is 0 Å². The van der Waals surface area contributed by atoms with E-state index in [0.29, 0.717) is 17.2 Å². The van der Waals surface area contributed by atoms with Crippen LogP contribution in [0.25, 0.3) is 5.65 Å². The van der Waals surface area contributed by atoms with Crippen LogP contribution in [0.5, 0.6) is 0 Å². The average Bonchev–Trinajstić information content (AvgIpc) is 3.06. The summed E-state index contributed by atoms with van der Waals surface area (Å²) in [6.45, 7) is 3.79. The Morgan fingerprint density at radius 3 is 2.76 bits per heavy atom. The van der Waals surface area contributed by atoms with Crippen molar-refractivity contribution in [3.63, 3.8) is 0 Å². The van der Waals surface area contributed by atoms with Crippen molar-refractivity contribution >= 4 is 23.2 Å². The fourth-order valence-electron chi connectivity index (χ4n) is 2.77.